The molecule has 1 N–H and O–H groups in total. The fourth-order valence-electron chi connectivity index (χ4n) is 1.48. The van der Waals surface area contributed by atoms with E-state index in [0.717, 1.165) is 24.3 Å². The third-order valence-electron chi connectivity index (χ3n) is 2.67. The quantitative estimate of drug-likeness (QED) is 0.346. The lowest BCUT2D eigenvalue weighted by molar-refractivity contribution is -0.132. The molecule has 0 aromatic heterocycles. The zero-order chi connectivity index (χ0) is 15.7. The molecule has 0 bridgehead atoms. The average Bonchev–Trinajstić information content (AvgIpc) is 2.48. The van der Waals surface area contributed by atoms with Gasteiger partial charge in [-0.3, -0.25) is 5.43 Å². The van der Waals surface area contributed by atoms with E-state index >= 15 is 0 Å². The van der Waals surface area contributed by atoms with Gasteiger partial charge in [-0.05, 0) is 30.0 Å². The van der Waals surface area contributed by atoms with Crippen LogP contribution in [0.5, 0.6) is 0 Å². The van der Waals surface area contributed by atoms with Crippen molar-refractivity contribution in [3.63, 3.8) is 0 Å². The Labute approximate surface area is 130 Å². The van der Waals surface area contributed by atoms with Crippen molar-refractivity contribution < 1.29 is 14.3 Å². The molecule has 21 heavy (non-hydrogen) atoms. The van der Waals surface area contributed by atoms with Crippen molar-refractivity contribution in [2.24, 2.45) is 11.0 Å². The number of carbonyl (C=O) groups excluding carboxylic acids is 1. The molecule has 0 aliphatic carbocycles. The standard InChI is InChI=1S/C15H21ClN2O3/c1-11(2)7-8-21-10-12-5-4-6-13(9-12)17-18-14(16)15(19)20-3/h4-6,9,11,17H,7-8,10H2,1-3H3/b18-14+. The van der Waals surface area contributed by atoms with E-state index in [9.17, 15) is 4.79 Å². The molecule has 1 aromatic carbocycles. The third kappa shape index (κ3) is 7.11. The van der Waals surface area contributed by atoms with Gasteiger partial charge in [0.25, 0.3) is 0 Å². The lowest BCUT2D eigenvalue weighted by atomic mass is 10.1. The molecule has 0 heterocycles. The van der Waals surface area contributed by atoms with Crippen molar-refractivity contribution >= 4 is 28.4 Å². The van der Waals surface area contributed by atoms with Crippen LogP contribution in [0.4, 0.5) is 5.69 Å². The van der Waals surface area contributed by atoms with Crippen LogP contribution in [0.15, 0.2) is 29.4 Å². The summed E-state index contributed by atoms with van der Waals surface area (Å²) in [5.74, 6) is -0.0508. The van der Waals surface area contributed by atoms with Crippen LogP contribution in [0.3, 0.4) is 0 Å². The monoisotopic (exact) mass is 312 g/mol. The minimum Gasteiger partial charge on any atom is -0.464 e. The number of hydrogen-bond acceptors (Lipinski definition) is 5. The van der Waals surface area contributed by atoms with E-state index in [2.05, 4.69) is 29.1 Å². The molecule has 6 heteroatoms. The molecular weight excluding hydrogens is 292 g/mol. The van der Waals surface area contributed by atoms with Crippen LogP contribution >= 0.6 is 11.6 Å². The lowest BCUT2D eigenvalue weighted by Gasteiger charge is -2.08. The Morgan fingerprint density at radius 2 is 2.19 bits per heavy atom. The van der Waals surface area contributed by atoms with Gasteiger partial charge in [0.15, 0.2) is 0 Å². The van der Waals surface area contributed by atoms with Gasteiger partial charge in [0.05, 0.1) is 19.4 Å². The number of nitrogens with zero attached hydrogens (tertiary/aromatic N) is 1. The Bertz CT molecular complexity index is 490. The predicted octanol–water partition coefficient (Wildman–Crippen LogP) is 3.39. The maximum absolute atomic E-state index is 11.1. The molecule has 0 fully saturated rings. The highest BCUT2D eigenvalue weighted by atomic mass is 35.5. The van der Waals surface area contributed by atoms with Crippen LogP contribution in [0.25, 0.3) is 0 Å². The molecule has 0 saturated carbocycles. The van der Waals surface area contributed by atoms with Gasteiger partial charge in [0, 0.05) is 6.61 Å². The van der Waals surface area contributed by atoms with Gasteiger partial charge in [-0.15, -0.1) is 0 Å². The molecule has 116 valence electrons. The molecule has 0 unspecified atom stereocenters. The van der Waals surface area contributed by atoms with Crippen LogP contribution in [0.1, 0.15) is 25.8 Å². The molecule has 0 amide bonds. The fraction of sp³-hybridized carbons (Fsp3) is 0.467. The summed E-state index contributed by atoms with van der Waals surface area (Å²) in [4.78, 5) is 11.1. The molecule has 0 aliphatic heterocycles. The van der Waals surface area contributed by atoms with Gasteiger partial charge in [-0.2, -0.15) is 5.10 Å². The Hall–Kier alpha value is -1.59. The van der Waals surface area contributed by atoms with Gasteiger partial charge in [-0.1, -0.05) is 37.6 Å². The third-order valence-corrected chi connectivity index (χ3v) is 2.91. The Morgan fingerprint density at radius 3 is 2.86 bits per heavy atom. The van der Waals surface area contributed by atoms with E-state index in [0.29, 0.717) is 12.5 Å². The Morgan fingerprint density at radius 1 is 1.43 bits per heavy atom. The molecule has 0 saturated heterocycles. The van der Waals surface area contributed by atoms with Crippen LogP contribution in [-0.4, -0.2) is 24.9 Å². The second kappa shape index (κ2) is 9.37. The molecule has 0 atom stereocenters. The van der Waals surface area contributed by atoms with E-state index in [1.54, 1.807) is 0 Å². The van der Waals surface area contributed by atoms with E-state index < -0.39 is 5.97 Å². The number of nitrogens with one attached hydrogen (secondary N) is 1. The number of benzene rings is 1. The smallest absolute Gasteiger partial charge is 0.370 e. The van der Waals surface area contributed by atoms with Gasteiger partial charge >= 0.3 is 5.97 Å². The summed E-state index contributed by atoms with van der Waals surface area (Å²) in [6.07, 6.45) is 1.04. The molecule has 1 aromatic rings. The number of anilines is 1. The molecule has 0 aliphatic rings. The fourth-order valence-corrected chi connectivity index (χ4v) is 1.60. The van der Waals surface area contributed by atoms with E-state index in [1.165, 1.54) is 7.11 Å². The highest BCUT2D eigenvalue weighted by molar-refractivity contribution is 6.82. The minimum absolute atomic E-state index is 0.254. The summed E-state index contributed by atoms with van der Waals surface area (Å²) >= 11 is 5.64. The van der Waals surface area contributed by atoms with Crippen molar-refractivity contribution in [1.82, 2.24) is 0 Å². The largest absolute Gasteiger partial charge is 0.464 e. The summed E-state index contributed by atoms with van der Waals surface area (Å²) in [7, 11) is 1.25. The van der Waals surface area contributed by atoms with Crippen LogP contribution < -0.4 is 5.43 Å². The lowest BCUT2D eigenvalue weighted by Crippen LogP contribution is -2.11. The van der Waals surface area contributed by atoms with Gasteiger partial charge < -0.3 is 9.47 Å². The van der Waals surface area contributed by atoms with Crippen molar-refractivity contribution in [2.75, 3.05) is 19.1 Å². The second-order valence-corrected chi connectivity index (χ2v) is 5.30. The van der Waals surface area contributed by atoms with Crippen LogP contribution in [-0.2, 0) is 20.9 Å². The van der Waals surface area contributed by atoms with Gasteiger partial charge in [0.1, 0.15) is 0 Å². The summed E-state index contributed by atoms with van der Waals surface area (Å²) in [5, 5.41) is 3.49. The number of halogens is 1. The molecule has 0 spiro atoms. The summed E-state index contributed by atoms with van der Waals surface area (Å²) in [6.45, 7) is 5.60. The average molecular weight is 313 g/mol. The number of hydrazone groups is 1. The minimum atomic E-state index is -0.683. The molecular formula is C15H21ClN2O3. The summed E-state index contributed by atoms with van der Waals surface area (Å²) in [6, 6.07) is 7.56. The first-order valence-electron chi connectivity index (χ1n) is 6.77. The molecule has 5 nitrogen and oxygen atoms in total. The van der Waals surface area contributed by atoms with Crippen molar-refractivity contribution in [2.45, 2.75) is 26.9 Å². The summed E-state index contributed by atoms with van der Waals surface area (Å²) in [5.41, 5.74) is 4.45. The maximum Gasteiger partial charge on any atom is 0.370 e. The maximum atomic E-state index is 11.1. The van der Waals surface area contributed by atoms with E-state index in [-0.39, 0.29) is 5.17 Å². The number of carbonyl (C=O) groups is 1. The first kappa shape index (κ1) is 17.5. The topological polar surface area (TPSA) is 59.9 Å². The number of rotatable bonds is 8. The molecule has 0 radical (unpaired) electrons. The zero-order valence-electron chi connectivity index (χ0n) is 12.6. The summed E-state index contributed by atoms with van der Waals surface area (Å²) < 4.78 is 10.1. The Balaban J connectivity index is 2.50. The Kier molecular flexibility index (Phi) is 7.79. The number of ether oxygens (including phenoxy) is 2. The van der Waals surface area contributed by atoms with Gasteiger partial charge in [-0.25, -0.2) is 4.79 Å². The normalized spacial score (nSPS) is 11.6. The SMILES string of the molecule is COC(=O)/C(Cl)=N\Nc1cccc(COCCC(C)C)c1. The van der Waals surface area contributed by atoms with Crippen LogP contribution in [0, 0.1) is 5.92 Å². The first-order chi connectivity index (χ1) is 10.0. The number of methoxy groups -OCH3 is 1. The number of esters is 1. The van der Waals surface area contributed by atoms with E-state index in [4.69, 9.17) is 16.3 Å². The highest BCUT2D eigenvalue weighted by Gasteiger charge is 2.07. The van der Waals surface area contributed by atoms with Crippen molar-refractivity contribution in [3.05, 3.63) is 29.8 Å². The first-order valence-corrected chi connectivity index (χ1v) is 7.15. The predicted molar refractivity (Wildman–Crippen MR) is 84.5 cm³/mol. The highest BCUT2D eigenvalue weighted by Crippen LogP contribution is 2.12. The van der Waals surface area contributed by atoms with Crippen molar-refractivity contribution in [3.8, 4) is 0 Å². The van der Waals surface area contributed by atoms with Crippen molar-refractivity contribution in [1.29, 1.82) is 0 Å². The van der Waals surface area contributed by atoms with Gasteiger partial charge in [0.2, 0.25) is 5.17 Å². The number of hydrogen-bond donors (Lipinski definition) is 1. The second-order valence-electron chi connectivity index (χ2n) is 4.94. The molecule has 1 rings (SSSR count). The van der Waals surface area contributed by atoms with Crippen LogP contribution in [0.2, 0.25) is 0 Å². The zero-order valence-corrected chi connectivity index (χ0v) is 13.3. The van der Waals surface area contributed by atoms with E-state index in [1.807, 2.05) is 24.3 Å².